The normalized spacial score (nSPS) is 18.9. The predicted octanol–water partition coefficient (Wildman–Crippen LogP) is 5.11. The highest BCUT2D eigenvalue weighted by Crippen LogP contribution is 2.42. The van der Waals surface area contributed by atoms with Gasteiger partial charge >= 0.3 is 0 Å². The van der Waals surface area contributed by atoms with Crippen LogP contribution in [0.3, 0.4) is 0 Å². The first-order valence-electron chi connectivity index (χ1n) is 8.58. The number of hydrogen-bond donors (Lipinski definition) is 1. The Morgan fingerprint density at radius 1 is 0.958 bits per heavy atom. The molecule has 1 aliphatic heterocycles. The third-order valence-corrected chi connectivity index (χ3v) is 4.94. The van der Waals surface area contributed by atoms with Crippen LogP contribution in [-0.4, -0.2) is 12.1 Å². The Morgan fingerprint density at radius 2 is 1.67 bits per heavy atom. The van der Waals surface area contributed by atoms with Crippen LogP contribution < -0.4 is 10.5 Å². The monoisotopic (exact) mass is 317 g/mol. The second kappa shape index (κ2) is 5.64. The zero-order valence-electron chi connectivity index (χ0n) is 14.3. The van der Waals surface area contributed by atoms with E-state index < -0.39 is 0 Å². The molecule has 0 bridgehead atoms. The van der Waals surface area contributed by atoms with Gasteiger partial charge in [0.25, 0.3) is 0 Å². The fourth-order valence-corrected chi connectivity index (χ4v) is 3.76. The summed E-state index contributed by atoms with van der Waals surface area (Å²) in [6.45, 7) is 4.94. The van der Waals surface area contributed by atoms with Crippen LogP contribution in [0.4, 0.5) is 0 Å². The van der Waals surface area contributed by atoms with Crippen molar-refractivity contribution in [3.8, 4) is 16.9 Å². The van der Waals surface area contributed by atoms with Gasteiger partial charge < -0.3 is 10.5 Å². The molecule has 0 aliphatic carbocycles. The van der Waals surface area contributed by atoms with E-state index >= 15 is 0 Å². The Morgan fingerprint density at radius 3 is 2.46 bits per heavy atom. The molecule has 3 aromatic carbocycles. The largest absolute Gasteiger partial charge is 0.488 e. The van der Waals surface area contributed by atoms with Crippen molar-refractivity contribution in [3.63, 3.8) is 0 Å². The Hall–Kier alpha value is -2.32. The van der Waals surface area contributed by atoms with E-state index in [2.05, 4.69) is 74.5 Å². The van der Waals surface area contributed by atoms with Gasteiger partial charge in [-0.25, -0.2) is 0 Å². The quantitative estimate of drug-likeness (QED) is 0.713. The molecule has 0 radical (unpaired) electrons. The standard InChI is InChI=1S/C22H23NO/c1-22(2)13-19(14-23)20-10-9-18(12-21(20)24-22)17-8-7-15-5-3-4-6-16(15)11-17/h3-12,19H,13-14,23H2,1-2H3. The molecule has 24 heavy (non-hydrogen) atoms. The zero-order valence-corrected chi connectivity index (χ0v) is 14.3. The van der Waals surface area contributed by atoms with Crippen LogP contribution in [0.5, 0.6) is 5.75 Å². The third kappa shape index (κ3) is 2.67. The molecule has 2 heteroatoms. The molecule has 1 heterocycles. The molecule has 2 N–H and O–H groups in total. The minimum absolute atomic E-state index is 0.168. The van der Waals surface area contributed by atoms with Gasteiger partial charge in [0.05, 0.1) is 0 Å². The maximum Gasteiger partial charge on any atom is 0.124 e. The summed E-state index contributed by atoms with van der Waals surface area (Å²) in [6.07, 6.45) is 0.964. The molecule has 0 saturated carbocycles. The summed E-state index contributed by atoms with van der Waals surface area (Å²) in [5, 5.41) is 2.52. The molecule has 0 aromatic heterocycles. The summed E-state index contributed by atoms with van der Waals surface area (Å²) in [6, 6.07) is 21.6. The van der Waals surface area contributed by atoms with Gasteiger partial charge in [-0.15, -0.1) is 0 Å². The third-order valence-electron chi connectivity index (χ3n) is 4.94. The Labute approximate surface area is 143 Å². The Bertz CT molecular complexity index is 897. The molecule has 0 fully saturated rings. The zero-order chi connectivity index (χ0) is 16.7. The van der Waals surface area contributed by atoms with Crippen molar-refractivity contribution < 1.29 is 4.74 Å². The highest BCUT2D eigenvalue weighted by atomic mass is 16.5. The lowest BCUT2D eigenvalue weighted by Gasteiger charge is -2.37. The summed E-state index contributed by atoms with van der Waals surface area (Å²) in [5.74, 6) is 1.35. The molecule has 0 spiro atoms. The van der Waals surface area contributed by atoms with Gasteiger partial charge in [0.15, 0.2) is 0 Å². The van der Waals surface area contributed by atoms with E-state index in [0.717, 1.165) is 12.2 Å². The molecule has 3 aromatic rings. The van der Waals surface area contributed by atoms with E-state index in [0.29, 0.717) is 12.5 Å². The Balaban J connectivity index is 1.79. The molecule has 122 valence electrons. The lowest BCUT2D eigenvalue weighted by molar-refractivity contribution is 0.0732. The number of ether oxygens (including phenoxy) is 1. The highest BCUT2D eigenvalue weighted by molar-refractivity contribution is 5.87. The maximum absolute atomic E-state index is 6.25. The van der Waals surface area contributed by atoms with Gasteiger partial charge in [-0.2, -0.15) is 0 Å². The van der Waals surface area contributed by atoms with Gasteiger partial charge in [0.1, 0.15) is 11.4 Å². The molecule has 1 unspecified atom stereocenters. The highest BCUT2D eigenvalue weighted by Gasteiger charge is 2.33. The van der Waals surface area contributed by atoms with Crippen molar-refractivity contribution in [3.05, 3.63) is 66.2 Å². The number of nitrogens with two attached hydrogens (primary N) is 1. The number of fused-ring (bicyclic) bond motifs is 2. The summed E-state index contributed by atoms with van der Waals surface area (Å²) in [5.41, 5.74) is 9.47. The fraction of sp³-hybridized carbons (Fsp3) is 0.273. The summed E-state index contributed by atoms with van der Waals surface area (Å²) >= 11 is 0. The summed E-state index contributed by atoms with van der Waals surface area (Å²) < 4.78 is 6.25. The molecule has 1 atom stereocenters. The average Bonchev–Trinajstić information content (AvgIpc) is 2.59. The summed E-state index contributed by atoms with van der Waals surface area (Å²) in [4.78, 5) is 0. The van der Waals surface area contributed by atoms with Crippen molar-refractivity contribution in [1.82, 2.24) is 0 Å². The average molecular weight is 317 g/mol. The van der Waals surface area contributed by atoms with E-state index in [4.69, 9.17) is 10.5 Å². The first kappa shape index (κ1) is 15.2. The molecule has 4 rings (SSSR count). The molecule has 0 saturated heterocycles. The van der Waals surface area contributed by atoms with Gasteiger partial charge in [-0.1, -0.05) is 48.5 Å². The SMILES string of the molecule is CC1(C)CC(CN)c2ccc(-c3ccc4ccccc4c3)cc2O1. The topological polar surface area (TPSA) is 35.2 Å². The molecular formula is C22H23NO. The van der Waals surface area contributed by atoms with Gasteiger partial charge in [-0.05, 0) is 66.4 Å². The van der Waals surface area contributed by atoms with Crippen LogP contribution in [0.15, 0.2) is 60.7 Å². The van der Waals surface area contributed by atoms with Gasteiger partial charge in [-0.3, -0.25) is 0 Å². The van der Waals surface area contributed by atoms with Crippen molar-refractivity contribution in [2.75, 3.05) is 6.54 Å². The van der Waals surface area contributed by atoms with E-state index in [1.54, 1.807) is 0 Å². The van der Waals surface area contributed by atoms with Gasteiger partial charge in [0.2, 0.25) is 0 Å². The lowest BCUT2D eigenvalue weighted by Crippen LogP contribution is -2.36. The predicted molar refractivity (Wildman–Crippen MR) is 101 cm³/mol. The summed E-state index contributed by atoms with van der Waals surface area (Å²) in [7, 11) is 0. The van der Waals surface area contributed by atoms with Crippen molar-refractivity contribution in [1.29, 1.82) is 0 Å². The number of rotatable bonds is 2. The van der Waals surface area contributed by atoms with Crippen molar-refractivity contribution in [2.24, 2.45) is 5.73 Å². The maximum atomic E-state index is 6.25. The van der Waals surface area contributed by atoms with Crippen LogP contribution in [0.1, 0.15) is 31.7 Å². The van der Waals surface area contributed by atoms with E-state index in [-0.39, 0.29) is 5.60 Å². The minimum atomic E-state index is -0.168. The van der Waals surface area contributed by atoms with E-state index in [9.17, 15) is 0 Å². The smallest absolute Gasteiger partial charge is 0.124 e. The number of hydrogen-bond acceptors (Lipinski definition) is 2. The lowest BCUT2D eigenvalue weighted by atomic mass is 9.83. The van der Waals surface area contributed by atoms with Crippen LogP contribution in [0.25, 0.3) is 21.9 Å². The molecule has 0 amide bonds. The van der Waals surface area contributed by atoms with Crippen LogP contribution in [0.2, 0.25) is 0 Å². The molecule has 1 aliphatic rings. The van der Waals surface area contributed by atoms with Crippen molar-refractivity contribution in [2.45, 2.75) is 31.8 Å². The van der Waals surface area contributed by atoms with E-state index in [1.807, 2.05) is 0 Å². The number of benzene rings is 3. The van der Waals surface area contributed by atoms with Crippen LogP contribution in [-0.2, 0) is 0 Å². The van der Waals surface area contributed by atoms with Crippen LogP contribution in [0, 0.1) is 0 Å². The first-order chi connectivity index (χ1) is 11.6. The van der Waals surface area contributed by atoms with Crippen molar-refractivity contribution >= 4 is 10.8 Å². The molecular weight excluding hydrogens is 294 g/mol. The first-order valence-corrected chi connectivity index (χ1v) is 8.58. The molecule has 2 nitrogen and oxygen atoms in total. The van der Waals surface area contributed by atoms with Crippen LogP contribution >= 0.6 is 0 Å². The fourth-order valence-electron chi connectivity index (χ4n) is 3.76. The Kier molecular flexibility index (Phi) is 3.58. The minimum Gasteiger partial charge on any atom is -0.488 e. The second-order valence-corrected chi connectivity index (χ2v) is 7.31. The second-order valence-electron chi connectivity index (χ2n) is 7.31. The van der Waals surface area contributed by atoms with E-state index in [1.165, 1.54) is 27.5 Å². The van der Waals surface area contributed by atoms with Gasteiger partial charge in [0, 0.05) is 5.92 Å².